The molecule has 3 rings (SSSR count). The zero-order chi connectivity index (χ0) is 16.2. The second-order valence-corrected chi connectivity index (χ2v) is 6.54. The average Bonchev–Trinajstić information content (AvgIpc) is 2.57. The number of rotatable bonds is 3. The Morgan fingerprint density at radius 3 is 2.52 bits per heavy atom. The van der Waals surface area contributed by atoms with Gasteiger partial charge >= 0.3 is 0 Å². The van der Waals surface area contributed by atoms with Crippen LogP contribution in [0.25, 0.3) is 0 Å². The van der Waals surface area contributed by atoms with E-state index in [2.05, 4.69) is 61.3 Å². The minimum absolute atomic E-state index is 0.386. The molecule has 1 N–H and O–H groups in total. The van der Waals surface area contributed by atoms with Crippen molar-refractivity contribution in [3.63, 3.8) is 0 Å². The number of aromatic nitrogens is 1. The molecule has 1 aromatic heterocycles. The molecule has 1 fully saturated rings. The van der Waals surface area contributed by atoms with Crippen LogP contribution in [-0.4, -0.2) is 43.1 Å². The third kappa shape index (κ3) is 3.81. The summed E-state index contributed by atoms with van der Waals surface area (Å²) in [7, 11) is 2.16. The Kier molecular flexibility index (Phi) is 4.79. The number of anilines is 3. The van der Waals surface area contributed by atoms with E-state index in [1.54, 1.807) is 6.20 Å². The van der Waals surface area contributed by atoms with E-state index in [4.69, 9.17) is 5.26 Å². The summed E-state index contributed by atoms with van der Waals surface area (Å²) in [6.07, 6.45) is 1.63. The van der Waals surface area contributed by atoms with Crippen molar-refractivity contribution >= 4 is 33.0 Å². The maximum Gasteiger partial charge on any atom is 0.164 e. The molecule has 6 heteroatoms. The first-order chi connectivity index (χ1) is 11.2. The van der Waals surface area contributed by atoms with Crippen molar-refractivity contribution in [1.29, 1.82) is 5.26 Å². The van der Waals surface area contributed by atoms with Gasteiger partial charge in [-0.25, -0.2) is 4.98 Å². The fourth-order valence-electron chi connectivity index (χ4n) is 2.60. The van der Waals surface area contributed by atoms with Crippen LogP contribution >= 0.6 is 15.9 Å². The van der Waals surface area contributed by atoms with Crippen molar-refractivity contribution in [3.8, 4) is 6.07 Å². The normalized spacial score (nSPS) is 15.3. The zero-order valence-corrected chi connectivity index (χ0v) is 14.5. The number of piperazine rings is 1. The Labute approximate surface area is 144 Å². The first-order valence-corrected chi connectivity index (χ1v) is 8.31. The lowest BCUT2D eigenvalue weighted by Gasteiger charge is -2.34. The van der Waals surface area contributed by atoms with Crippen LogP contribution in [0.1, 0.15) is 5.69 Å². The summed E-state index contributed by atoms with van der Waals surface area (Å²) < 4.78 is 0.841. The van der Waals surface area contributed by atoms with Gasteiger partial charge in [0.15, 0.2) is 5.69 Å². The molecular weight excluding hydrogens is 354 g/mol. The smallest absolute Gasteiger partial charge is 0.164 e. The third-order valence-electron chi connectivity index (χ3n) is 3.97. The van der Waals surface area contributed by atoms with E-state index in [0.717, 1.165) is 36.3 Å². The first kappa shape index (κ1) is 15.8. The summed E-state index contributed by atoms with van der Waals surface area (Å²) in [5, 5.41) is 12.4. The molecule has 0 radical (unpaired) electrons. The maximum absolute atomic E-state index is 9.14. The Morgan fingerprint density at radius 2 is 1.87 bits per heavy atom. The summed E-state index contributed by atoms with van der Waals surface area (Å²) in [6, 6.07) is 12.3. The molecule has 0 bridgehead atoms. The Balaban J connectivity index is 1.73. The van der Waals surface area contributed by atoms with Gasteiger partial charge in [0.2, 0.25) is 0 Å². The lowest BCUT2D eigenvalue weighted by molar-refractivity contribution is 0.313. The lowest BCUT2D eigenvalue weighted by atomic mass is 10.2. The predicted molar refractivity (Wildman–Crippen MR) is 96.1 cm³/mol. The number of nitriles is 1. The minimum Gasteiger partial charge on any atom is -0.369 e. The molecule has 0 aliphatic carbocycles. The molecule has 5 nitrogen and oxygen atoms in total. The molecule has 23 heavy (non-hydrogen) atoms. The van der Waals surface area contributed by atoms with Crippen LogP contribution in [-0.2, 0) is 0 Å². The van der Waals surface area contributed by atoms with Gasteiger partial charge in [0.25, 0.3) is 0 Å². The number of halogens is 1. The van der Waals surface area contributed by atoms with Crippen molar-refractivity contribution in [1.82, 2.24) is 9.88 Å². The SMILES string of the molecule is CN1CCN(c2ccc(Nc3cc(Br)cnc3C#N)cc2)CC1. The maximum atomic E-state index is 9.14. The largest absolute Gasteiger partial charge is 0.369 e. The lowest BCUT2D eigenvalue weighted by Crippen LogP contribution is -2.44. The molecule has 118 valence electrons. The highest BCUT2D eigenvalue weighted by molar-refractivity contribution is 9.10. The molecule has 1 aromatic carbocycles. The molecule has 2 aromatic rings. The van der Waals surface area contributed by atoms with Gasteiger partial charge in [-0.1, -0.05) is 0 Å². The number of hydrogen-bond donors (Lipinski definition) is 1. The van der Waals surface area contributed by atoms with Gasteiger partial charge in [0.1, 0.15) is 6.07 Å². The highest BCUT2D eigenvalue weighted by atomic mass is 79.9. The van der Waals surface area contributed by atoms with E-state index >= 15 is 0 Å². The van der Waals surface area contributed by atoms with Crippen molar-refractivity contribution < 1.29 is 0 Å². The van der Waals surface area contributed by atoms with Crippen LogP contribution in [0, 0.1) is 11.3 Å². The van der Waals surface area contributed by atoms with Crippen LogP contribution in [0.15, 0.2) is 41.0 Å². The summed E-state index contributed by atoms with van der Waals surface area (Å²) in [6.45, 7) is 4.29. The highest BCUT2D eigenvalue weighted by Crippen LogP contribution is 2.25. The van der Waals surface area contributed by atoms with E-state index in [9.17, 15) is 0 Å². The Hall–Kier alpha value is -2.10. The molecule has 0 spiro atoms. The molecule has 1 aliphatic rings. The average molecular weight is 372 g/mol. The van der Waals surface area contributed by atoms with Crippen LogP contribution in [0.3, 0.4) is 0 Å². The summed E-state index contributed by atoms with van der Waals surface area (Å²) in [5.41, 5.74) is 3.27. The van der Waals surface area contributed by atoms with Crippen molar-refractivity contribution in [2.75, 3.05) is 43.4 Å². The molecule has 0 saturated carbocycles. The van der Waals surface area contributed by atoms with Gasteiger partial charge in [-0.3, -0.25) is 0 Å². The molecule has 2 heterocycles. The standard InChI is InChI=1S/C17H18BrN5/c1-22-6-8-23(9-7-22)15-4-2-14(3-5-15)21-16-10-13(18)12-20-17(16)11-19/h2-5,10,12,21H,6-9H2,1H3. The number of pyridine rings is 1. The van der Waals surface area contributed by atoms with Crippen molar-refractivity contribution in [2.24, 2.45) is 0 Å². The van der Waals surface area contributed by atoms with Crippen molar-refractivity contribution in [2.45, 2.75) is 0 Å². The summed E-state index contributed by atoms with van der Waals surface area (Å²) in [4.78, 5) is 8.84. The number of likely N-dealkylation sites (N-methyl/N-ethyl adjacent to an activating group) is 1. The van der Waals surface area contributed by atoms with Crippen LogP contribution < -0.4 is 10.2 Å². The van der Waals surface area contributed by atoms with E-state index in [1.165, 1.54) is 5.69 Å². The summed E-state index contributed by atoms with van der Waals surface area (Å²) >= 11 is 3.38. The van der Waals surface area contributed by atoms with Gasteiger partial charge in [0, 0.05) is 48.2 Å². The van der Waals surface area contributed by atoms with E-state index in [-0.39, 0.29) is 0 Å². The minimum atomic E-state index is 0.386. The van der Waals surface area contributed by atoms with Gasteiger partial charge in [-0.05, 0) is 53.3 Å². The van der Waals surface area contributed by atoms with Gasteiger partial charge < -0.3 is 15.1 Å². The molecule has 0 unspecified atom stereocenters. The first-order valence-electron chi connectivity index (χ1n) is 7.52. The van der Waals surface area contributed by atoms with Gasteiger partial charge in [-0.2, -0.15) is 5.26 Å². The zero-order valence-electron chi connectivity index (χ0n) is 13.0. The Bertz CT molecular complexity index is 715. The Morgan fingerprint density at radius 1 is 1.17 bits per heavy atom. The van der Waals surface area contributed by atoms with Crippen molar-refractivity contribution in [3.05, 3.63) is 46.7 Å². The van der Waals surface area contributed by atoms with Gasteiger partial charge in [-0.15, -0.1) is 0 Å². The molecule has 1 aliphatic heterocycles. The van der Waals surface area contributed by atoms with E-state index in [0.29, 0.717) is 11.4 Å². The number of nitrogens with one attached hydrogen (secondary N) is 1. The fourth-order valence-corrected chi connectivity index (χ4v) is 2.93. The molecule has 0 atom stereocenters. The fraction of sp³-hybridized carbons (Fsp3) is 0.294. The van der Waals surface area contributed by atoms with Crippen LogP contribution in [0.5, 0.6) is 0 Å². The predicted octanol–water partition coefficient (Wildman–Crippen LogP) is 3.21. The quantitative estimate of drug-likeness (QED) is 0.897. The number of benzene rings is 1. The van der Waals surface area contributed by atoms with Crippen LogP contribution in [0.4, 0.5) is 17.1 Å². The molecular formula is C17H18BrN5. The third-order valence-corrected chi connectivity index (χ3v) is 4.41. The number of hydrogen-bond acceptors (Lipinski definition) is 5. The summed E-state index contributed by atoms with van der Waals surface area (Å²) in [5.74, 6) is 0. The molecule has 1 saturated heterocycles. The number of nitrogens with zero attached hydrogens (tertiary/aromatic N) is 4. The van der Waals surface area contributed by atoms with E-state index in [1.807, 2.05) is 18.2 Å². The topological polar surface area (TPSA) is 55.2 Å². The second kappa shape index (κ2) is 6.99. The van der Waals surface area contributed by atoms with E-state index < -0.39 is 0 Å². The van der Waals surface area contributed by atoms with Gasteiger partial charge in [0.05, 0.1) is 5.69 Å². The molecule has 0 amide bonds. The monoisotopic (exact) mass is 371 g/mol. The second-order valence-electron chi connectivity index (χ2n) is 5.62. The highest BCUT2D eigenvalue weighted by Gasteiger charge is 2.14. The van der Waals surface area contributed by atoms with Crippen LogP contribution in [0.2, 0.25) is 0 Å².